The predicted molar refractivity (Wildman–Crippen MR) is 161 cm³/mol. The third-order valence-electron chi connectivity index (χ3n) is 10.0. The first kappa shape index (κ1) is 32.6. The third-order valence-corrected chi connectivity index (χ3v) is 10.0. The molecule has 1 N–H and O–H groups in total. The zero-order chi connectivity index (χ0) is 29.8. The van der Waals surface area contributed by atoms with Crippen LogP contribution in [0.25, 0.3) is 0 Å². The van der Waals surface area contributed by atoms with Crippen LogP contribution in [0.3, 0.4) is 0 Å². The minimum absolute atomic E-state index is 0.0501. The van der Waals surface area contributed by atoms with Gasteiger partial charge in [0.25, 0.3) is 0 Å². The van der Waals surface area contributed by atoms with Gasteiger partial charge < -0.3 is 14.6 Å². The summed E-state index contributed by atoms with van der Waals surface area (Å²) >= 11 is 0. The molecule has 6 atom stereocenters. The second kappa shape index (κ2) is 13.4. The van der Waals surface area contributed by atoms with E-state index in [1.807, 2.05) is 27.7 Å². The monoisotopic (exact) mass is 556 g/mol. The van der Waals surface area contributed by atoms with Crippen LogP contribution in [0, 0.1) is 35.0 Å². The molecule has 0 aliphatic heterocycles. The largest absolute Gasteiger partial charge is 0.462 e. The molecule has 0 amide bonds. The number of ether oxygens (including phenoxy) is 2. The van der Waals surface area contributed by atoms with Crippen molar-refractivity contribution in [2.45, 2.75) is 137 Å². The Morgan fingerprint density at radius 1 is 1.02 bits per heavy atom. The summed E-state index contributed by atoms with van der Waals surface area (Å²) < 4.78 is 11.5. The first-order chi connectivity index (χ1) is 18.6. The number of carbonyl (C=O) groups is 2. The second-order valence-electron chi connectivity index (χ2n) is 14.4. The lowest BCUT2D eigenvalue weighted by Crippen LogP contribution is -2.41. The van der Waals surface area contributed by atoms with Gasteiger partial charge in [0.1, 0.15) is 12.2 Å². The molecule has 40 heavy (non-hydrogen) atoms. The quantitative estimate of drug-likeness (QED) is 0.275. The molecule has 226 valence electrons. The first-order valence-corrected chi connectivity index (χ1v) is 15.8. The highest BCUT2D eigenvalue weighted by Gasteiger charge is 2.50. The number of allylic oxidation sites excluding steroid dienone is 4. The van der Waals surface area contributed by atoms with Gasteiger partial charge in [-0.15, -0.1) is 0 Å². The Balaban J connectivity index is 1.68. The van der Waals surface area contributed by atoms with Gasteiger partial charge in [-0.2, -0.15) is 0 Å². The molecule has 3 saturated carbocycles. The van der Waals surface area contributed by atoms with Gasteiger partial charge in [0.2, 0.25) is 0 Å². The van der Waals surface area contributed by atoms with Crippen LogP contribution in [0.4, 0.5) is 0 Å². The van der Waals surface area contributed by atoms with Crippen molar-refractivity contribution < 1.29 is 24.2 Å². The molecule has 5 nitrogen and oxygen atoms in total. The molecule has 0 aromatic rings. The van der Waals surface area contributed by atoms with E-state index in [9.17, 15) is 14.7 Å². The van der Waals surface area contributed by atoms with Crippen LogP contribution in [-0.4, -0.2) is 34.9 Å². The number of rotatable bonds is 10. The zero-order valence-electron chi connectivity index (χ0n) is 26.6. The fourth-order valence-electron chi connectivity index (χ4n) is 7.44. The minimum atomic E-state index is -1.06. The summed E-state index contributed by atoms with van der Waals surface area (Å²) in [6.45, 7) is 20.1. The molecule has 5 heteroatoms. The Morgan fingerprint density at radius 2 is 1.70 bits per heavy atom. The lowest BCUT2D eigenvalue weighted by atomic mass is 9.60. The Kier molecular flexibility index (Phi) is 10.9. The average Bonchev–Trinajstić information content (AvgIpc) is 3.23. The predicted octanol–water partition coefficient (Wildman–Crippen LogP) is 8.12. The topological polar surface area (TPSA) is 72.8 Å². The van der Waals surface area contributed by atoms with Crippen molar-refractivity contribution in [3.05, 3.63) is 35.5 Å². The van der Waals surface area contributed by atoms with E-state index in [1.54, 1.807) is 19.4 Å². The summed E-state index contributed by atoms with van der Waals surface area (Å²) in [5.74, 6) is 1.02. The van der Waals surface area contributed by atoms with Crippen LogP contribution < -0.4 is 0 Å². The average molecular weight is 557 g/mol. The van der Waals surface area contributed by atoms with Crippen molar-refractivity contribution >= 4 is 11.9 Å². The summed E-state index contributed by atoms with van der Waals surface area (Å²) in [5.41, 5.74) is 3.16. The smallest absolute Gasteiger partial charge is 0.308 e. The molecular weight excluding hydrogens is 500 g/mol. The molecule has 0 saturated heterocycles. The summed E-state index contributed by atoms with van der Waals surface area (Å²) in [5, 5.41) is 10.7. The second-order valence-corrected chi connectivity index (χ2v) is 14.4. The maximum absolute atomic E-state index is 12.3. The molecule has 0 heterocycles. The van der Waals surface area contributed by atoms with Crippen molar-refractivity contribution in [2.75, 3.05) is 0 Å². The molecule has 0 bridgehead atoms. The van der Waals surface area contributed by atoms with Crippen molar-refractivity contribution in [1.82, 2.24) is 0 Å². The highest BCUT2D eigenvalue weighted by Crippen LogP contribution is 2.60. The lowest BCUT2D eigenvalue weighted by Gasteiger charge is -2.44. The molecule has 3 fully saturated rings. The van der Waals surface area contributed by atoms with E-state index >= 15 is 0 Å². The summed E-state index contributed by atoms with van der Waals surface area (Å²) in [4.78, 5) is 24.4. The van der Waals surface area contributed by atoms with Crippen molar-refractivity contribution in [3.63, 3.8) is 0 Å². The van der Waals surface area contributed by atoms with Crippen LogP contribution in [0.2, 0.25) is 0 Å². The number of fused-ring (bicyclic) bond motifs is 1. The Morgan fingerprint density at radius 3 is 2.33 bits per heavy atom. The van der Waals surface area contributed by atoms with Crippen molar-refractivity contribution in [1.29, 1.82) is 0 Å². The van der Waals surface area contributed by atoms with Gasteiger partial charge in [0.15, 0.2) is 0 Å². The number of esters is 2. The summed E-state index contributed by atoms with van der Waals surface area (Å²) in [6.07, 6.45) is 14.2. The highest BCUT2D eigenvalue weighted by molar-refractivity contribution is 5.72. The van der Waals surface area contributed by atoms with E-state index in [0.717, 1.165) is 32.1 Å². The lowest BCUT2D eigenvalue weighted by molar-refractivity contribution is -0.166. The van der Waals surface area contributed by atoms with E-state index in [4.69, 9.17) is 9.47 Å². The van der Waals surface area contributed by atoms with Gasteiger partial charge in [0.05, 0.1) is 17.4 Å². The molecule has 0 aromatic carbocycles. The maximum Gasteiger partial charge on any atom is 0.308 e. The van der Waals surface area contributed by atoms with Crippen LogP contribution >= 0.6 is 0 Å². The van der Waals surface area contributed by atoms with Gasteiger partial charge in [-0.05, 0) is 100 Å². The van der Waals surface area contributed by atoms with Crippen molar-refractivity contribution in [2.24, 2.45) is 35.0 Å². The van der Waals surface area contributed by atoms with Gasteiger partial charge in [-0.1, -0.05) is 71.4 Å². The highest BCUT2D eigenvalue weighted by atomic mass is 16.6. The molecule has 3 aliphatic carbocycles. The van der Waals surface area contributed by atoms with Crippen LogP contribution in [0.1, 0.15) is 120 Å². The number of hydrogen-bond donors (Lipinski definition) is 1. The molecule has 0 spiro atoms. The molecule has 3 aliphatic rings. The van der Waals surface area contributed by atoms with Crippen LogP contribution in [0.5, 0.6) is 0 Å². The van der Waals surface area contributed by atoms with Crippen LogP contribution in [0.15, 0.2) is 35.5 Å². The minimum Gasteiger partial charge on any atom is -0.462 e. The Labute approximate surface area is 243 Å². The zero-order valence-corrected chi connectivity index (χ0v) is 26.6. The van der Waals surface area contributed by atoms with E-state index < -0.39 is 11.7 Å². The molecule has 2 unspecified atom stereocenters. The fraction of sp³-hybridized carbons (Fsp3) is 0.771. The number of aliphatic hydroxyl groups is 1. The Hall–Kier alpha value is -1.88. The number of hydrogen-bond acceptors (Lipinski definition) is 5. The standard InChI is InChI=1S/C35H56O5/c1-22(2)32(36)39-28-16-12-24(5)27(21-28)15-14-26-11-10-20-35(9)29(17-18-30(26)35)25(6)13-19-31(34(7,8)38)40-33(37)23(3)4/h14-15,22-23,25,28-31,38H,5,10-13,16-21H2,1-4,6-9H3/b26-14?,27-15-/t25-,28+,29-,30?,31?,35-/m1/s1. The van der Waals surface area contributed by atoms with Gasteiger partial charge in [0, 0.05) is 6.42 Å². The van der Waals surface area contributed by atoms with E-state index in [-0.39, 0.29) is 35.3 Å². The van der Waals surface area contributed by atoms with Crippen LogP contribution in [-0.2, 0) is 19.1 Å². The fourth-order valence-corrected chi connectivity index (χ4v) is 7.44. The number of carbonyl (C=O) groups excluding carboxylic acids is 2. The third kappa shape index (κ3) is 7.89. The molecule has 0 aromatic heterocycles. The van der Waals surface area contributed by atoms with E-state index in [1.165, 1.54) is 36.8 Å². The summed E-state index contributed by atoms with van der Waals surface area (Å²) in [6, 6.07) is 0. The Bertz CT molecular complexity index is 980. The molecular formula is C35H56O5. The molecule has 0 radical (unpaired) electrons. The van der Waals surface area contributed by atoms with Gasteiger partial charge >= 0.3 is 11.9 Å². The maximum atomic E-state index is 12.3. The van der Waals surface area contributed by atoms with Gasteiger partial charge in [-0.25, -0.2) is 0 Å². The van der Waals surface area contributed by atoms with E-state index in [2.05, 4.69) is 32.6 Å². The van der Waals surface area contributed by atoms with Gasteiger partial charge in [-0.3, -0.25) is 9.59 Å². The molecule has 3 rings (SSSR count). The van der Waals surface area contributed by atoms with Crippen molar-refractivity contribution in [3.8, 4) is 0 Å². The normalized spacial score (nSPS) is 31.0. The summed E-state index contributed by atoms with van der Waals surface area (Å²) in [7, 11) is 0. The first-order valence-electron chi connectivity index (χ1n) is 15.8. The van der Waals surface area contributed by atoms with E-state index in [0.29, 0.717) is 24.2 Å². The SMILES string of the molecule is C=C1CC[C@H](OC(=O)C(C)C)C/C1=C/C=C1CCC[C@@]2(C)C1CC[C@@H]2[C@H](C)CCC(OC(=O)C(C)C)C(C)(C)O.